The van der Waals surface area contributed by atoms with Gasteiger partial charge in [0.05, 0.1) is 35.7 Å². The molecule has 2 amide bonds. The number of amides is 2. The minimum absolute atomic E-state index is 0.0329. The van der Waals surface area contributed by atoms with Crippen LogP contribution < -0.4 is 10.1 Å². The van der Waals surface area contributed by atoms with E-state index in [-0.39, 0.29) is 39.2 Å². The summed E-state index contributed by atoms with van der Waals surface area (Å²) in [4.78, 5) is 38.9. The Morgan fingerprint density at radius 3 is 2.51 bits per heavy atom. The Balaban J connectivity index is 1.42. The molecule has 11 heteroatoms. The zero-order chi connectivity index (χ0) is 31.8. The number of pyridine rings is 1. The summed E-state index contributed by atoms with van der Waals surface area (Å²) in [7, 11) is 2.85. The van der Waals surface area contributed by atoms with E-state index in [0.29, 0.717) is 33.7 Å². The topological polar surface area (TPSA) is 120 Å². The fourth-order valence-corrected chi connectivity index (χ4v) is 5.12. The first kappa shape index (κ1) is 29.4. The van der Waals surface area contributed by atoms with Gasteiger partial charge in [-0.3, -0.25) is 14.6 Å². The zero-order valence-corrected chi connectivity index (χ0v) is 24.6. The molecular formula is C34H26F2N4O5. The van der Waals surface area contributed by atoms with E-state index in [4.69, 9.17) is 13.6 Å². The van der Waals surface area contributed by atoms with E-state index in [1.807, 2.05) is 0 Å². The largest absolute Gasteiger partial charge is 0.496 e. The third-order valence-electron chi connectivity index (χ3n) is 7.43. The number of halogens is 2. The van der Waals surface area contributed by atoms with Gasteiger partial charge in [0, 0.05) is 36.7 Å². The lowest BCUT2D eigenvalue weighted by Gasteiger charge is -2.13. The number of carbonyl (C=O) groups excluding carboxylic acids is 2. The SMILES string of the molecule is CNC(=O)c1c(-c2ccc(F)cc2)oc2ccc(-c3cc(C(=O)N=CC(C)c4nc5cnccc5o4)c(OC)cc3C)c(F)c12. The molecule has 0 aliphatic heterocycles. The summed E-state index contributed by atoms with van der Waals surface area (Å²) in [5.41, 5.74) is 2.90. The molecule has 226 valence electrons. The van der Waals surface area contributed by atoms with Crippen LogP contribution in [0.5, 0.6) is 5.75 Å². The summed E-state index contributed by atoms with van der Waals surface area (Å²) in [5, 5.41) is 2.48. The normalized spacial score (nSPS) is 12.2. The van der Waals surface area contributed by atoms with Gasteiger partial charge in [-0.2, -0.15) is 0 Å². The Kier molecular flexibility index (Phi) is 7.67. The number of carbonyl (C=O) groups is 2. The Hall–Kier alpha value is -5.71. The van der Waals surface area contributed by atoms with E-state index in [1.165, 1.54) is 56.8 Å². The fourth-order valence-electron chi connectivity index (χ4n) is 5.12. The maximum Gasteiger partial charge on any atom is 0.280 e. The van der Waals surface area contributed by atoms with Crippen LogP contribution in [-0.2, 0) is 0 Å². The lowest BCUT2D eigenvalue weighted by Crippen LogP contribution is -2.18. The van der Waals surface area contributed by atoms with Crippen molar-refractivity contribution in [3.63, 3.8) is 0 Å². The number of hydrogen-bond acceptors (Lipinski definition) is 7. The van der Waals surface area contributed by atoms with Crippen LogP contribution in [0.2, 0.25) is 0 Å². The highest BCUT2D eigenvalue weighted by molar-refractivity contribution is 6.12. The van der Waals surface area contributed by atoms with Gasteiger partial charge >= 0.3 is 0 Å². The fraction of sp³-hybridized carbons (Fsp3) is 0.147. The zero-order valence-electron chi connectivity index (χ0n) is 24.6. The number of ether oxygens (including phenoxy) is 1. The van der Waals surface area contributed by atoms with Crippen LogP contribution in [0.1, 0.15) is 45.0 Å². The van der Waals surface area contributed by atoms with Gasteiger partial charge in [0.25, 0.3) is 11.8 Å². The molecular weight excluding hydrogens is 582 g/mol. The number of nitrogens with zero attached hydrogens (tertiary/aromatic N) is 3. The van der Waals surface area contributed by atoms with Gasteiger partial charge in [0.15, 0.2) is 5.58 Å². The molecule has 1 unspecified atom stereocenters. The molecule has 0 bridgehead atoms. The van der Waals surface area contributed by atoms with Gasteiger partial charge in [0.2, 0.25) is 5.89 Å². The quantitative estimate of drug-likeness (QED) is 0.189. The molecule has 6 aromatic rings. The Morgan fingerprint density at radius 1 is 1.02 bits per heavy atom. The molecule has 3 aromatic heterocycles. The highest BCUT2D eigenvalue weighted by atomic mass is 19.1. The number of aryl methyl sites for hydroxylation is 1. The van der Waals surface area contributed by atoms with E-state index in [1.54, 1.807) is 44.4 Å². The maximum atomic E-state index is 16.5. The Bertz CT molecular complexity index is 2100. The molecule has 0 saturated heterocycles. The van der Waals surface area contributed by atoms with Crippen LogP contribution in [0.4, 0.5) is 8.78 Å². The minimum atomic E-state index is -0.725. The number of hydrogen-bond donors (Lipinski definition) is 1. The Morgan fingerprint density at radius 2 is 1.80 bits per heavy atom. The molecule has 3 heterocycles. The number of oxazole rings is 1. The van der Waals surface area contributed by atoms with E-state index in [2.05, 4.69) is 20.3 Å². The van der Waals surface area contributed by atoms with Gasteiger partial charge in [-0.1, -0.05) is 0 Å². The van der Waals surface area contributed by atoms with Crippen molar-refractivity contribution in [2.75, 3.05) is 14.2 Å². The third-order valence-corrected chi connectivity index (χ3v) is 7.43. The standard InChI is InChI=1S/C34H26F2N4O5/c1-17-13-27(43-4)23(32(41)39-15-18(2)34-40-24-16-38-12-11-25(24)45-34)14-22(17)21-9-10-26-28(30(21)36)29(33(42)37-3)31(44-26)19-5-7-20(35)8-6-19/h5-16,18H,1-4H3,(H,37,42). The molecule has 0 fully saturated rings. The number of rotatable bonds is 7. The number of aromatic nitrogens is 2. The first-order valence-corrected chi connectivity index (χ1v) is 13.9. The van der Waals surface area contributed by atoms with E-state index < -0.39 is 29.4 Å². The smallest absolute Gasteiger partial charge is 0.280 e. The summed E-state index contributed by atoms with van der Waals surface area (Å²) in [6.07, 6.45) is 4.60. The number of furan rings is 1. The molecule has 3 aromatic carbocycles. The van der Waals surface area contributed by atoms with Crippen LogP contribution in [0.15, 0.2) is 80.8 Å². The molecule has 1 atom stereocenters. The Labute approximate surface area is 255 Å². The van der Waals surface area contributed by atoms with Crippen molar-refractivity contribution >= 4 is 40.1 Å². The average molecular weight is 609 g/mol. The first-order valence-electron chi connectivity index (χ1n) is 13.9. The second-order valence-corrected chi connectivity index (χ2v) is 10.3. The molecule has 6 rings (SSSR count). The summed E-state index contributed by atoms with van der Waals surface area (Å²) in [5.74, 6) is -2.09. The van der Waals surface area contributed by atoms with E-state index >= 15 is 4.39 Å². The van der Waals surface area contributed by atoms with Crippen LogP contribution in [0, 0.1) is 18.6 Å². The van der Waals surface area contributed by atoms with Crippen molar-refractivity contribution in [1.29, 1.82) is 0 Å². The van der Waals surface area contributed by atoms with Gasteiger partial charge in [-0.05, 0) is 73.5 Å². The van der Waals surface area contributed by atoms with Gasteiger partial charge < -0.3 is 18.9 Å². The second-order valence-electron chi connectivity index (χ2n) is 10.3. The summed E-state index contributed by atoms with van der Waals surface area (Å²) < 4.78 is 47.2. The van der Waals surface area contributed by atoms with Crippen LogP contribution >= 0.6 is 0 Å². The highest BCUT2D eigenvalue weighted by Crippen LogP contribution is 2.40. The molecule has 0 aliphatic carbocycles. The van der Waals surface area contributed by atoms with E-state index in [0.717, 1.165) is 0 Å². The third kappa shape index (κ3) is 5.33. The van der Waals surface area contributed by atoms with Crippen molar-refractivity contribution in [3.8, 4) is 28.2 Å². The van der Waals surface area contributed by atoms with Crippen molar-refractivity contribution in [1.82, 2.24) is 15.3 Å². The molecule has 45 heavy (non-hydrogen) atoms. The van der Waals surface area contributed by atoms with E-state index in [9.17, 15) is 14.0 Å². The van der Waals surface area contributed by atoms with Crippen LogP contribution in [0.3, 0.4) is 0 Å². The first-order chi connectivity index (χ1) is 21.7. The number of fused-ring (bicyclic) bond motifs is 2. The number of aliphatic imine (C=N–C) groups is 1. The molecule has 0 spiro atoms. The predicted molar refractivity (Wildman–Crippen MR) is 165 cm³/mol. The van der Waals surface area contributed by atoms with Gasteiger partial charge in [-0.25, -0.2) is 18.8 Å². The monoisotopic (exact) mass is 608 g/mol. The lowest BCUT2D eigenvalue weighted by molar-refractivity contribution is 0.0962. The number of benzene rings is 3. The maximum absolute atomic E-state index is 16.5. The number of nitrogens with one attached hydrogen (secondary N) is 1. The molecule has 0 aliphatic rings. The summed E-state index contributed by atoms with van der Waals surface area (Å²) in [6.45, 7) is 3.54. The van der Waals surface area contributed by atoms with Crippen LogP contribution in [0.25, 0.3) is 44.5 Å². The summed E-state index contributed by atoms with van der Waals surface area (Å²) in [6, 6.07) is 13.2. The van der Waals surface area contributed by atoms with Crippen LogP contribution in [-0.4, -0.2) is 42.2 Å². The molecule has 1 N–H and O–H groups in total. The lowest BCUT2D eigenvalue weighted by atomic mass is 9.94. The van der Waals surface area contributed by atoms with Crippen molar-refractivity contribution in [3.05, 3.63) is 101 Å². The van der Waals surface area contributed by atoms with Gasteiger partial charge in [-0.15, -0.1) is 0 Å². The average Bonchev–Trinajstić information content (AvgIpc) is 3.66. The highest BCUT2D eigenvalue weighted by Gasteiger charge is 2.27. The van der Waals surface area contributed by atoms with Crippen molar-refractivity contribution in [2.45, 2.75) is 19.8 Å². The summed E-state index contributed by atoms with van der Waals surface area (Å²) >= 11 is 0. The van der Waals surface area contributed by atoms with Gasteiger partial charge in [0.1, 0.15) is 34.2 Å². The van der Waals surface area contributed by atoms with Crippen molar-refractivity contribution in [2.24, 2.45) is 4.99 Å². The van der Waals surface area contributed by atoms with Crippen molar-refractivity contribution < 1.29 is 31.9 Å². The predicted octanol–water partition coefficient (Wildman–Crippen LogP) is 7.27. The molecule has 9 nitrogen and oxygen atoms in total. The number of methoxy groups -OCH3 is 1. The minimum Gasteiger partial charge on any atom is -0.496 e. The molecule has 0 radical (unpaired) electrons. The second kappa shape index (κ2) is 11.8. The molecule has 0 saturated carbocycles.